The Hall–Kier alpha value is 0.177. The van der Waals surface area contributed by atoms with Gasteiger partial charge in [-0.2, -0.15) is 0 Å². The van der Waals surface area contributed by atoms with E-state index in [0.29, 0.717) is 0 Å². The third-order valence-electron chi connectivity index (χ3n) is 3.66. The third kappa shape index (κ3) is 3.10. The molecule has 80 valence electrons. The Morgan fingerprint density at radius 3 is 1.77 bits per heavy atom. The van der Waals surface area contributed by atoms with Gasteiger partial charge in [0.15, 0.2) is 8.32 Å². The Balaban J connectivity index is 4.50. The van der Waals surface area contributed by atoms with Gasteiger partial charge in [0.25, 0.3) is 0 Å². The van der Waals surface area contributed by atoms with Crippen LogP contribution in [0, 0.1) is 0 Å². The summed E-state index contributed by atoms with van der Waals surface area (Å²) in [5.41, 5.74) is 0. The van der Waals surface area contributed by atoms with Gasteiger partial charge in [-0.3, -0.25) is 0 Å². The van der Waals surface area contributed by atoms with Crippen molar-refractivity contribution in [3.8, 4) is 0 Å². The third-order valence-corrected chi connectivity index (χ3v) is 7.21. The van der Waals surface area contributed by atoms with Gasteiger partial charge >= 0.3 is 0 Å². The molecule has 0 aromatic carbocycles. The fraction of sp³-hybridized carbons (Fsp3) is 1.00. The molecule has 0 rings (SSSR count). The predicted octanol–water partition coefficient (Wildman–Crippen LogP) is 3.93. The van der Waals surface area contributed by atoms with Gasteiger partial charge in [-0.25, -0.2) is 0 Å². The van der Waals surface area contributed by atoms with E-state index in [9.17, 15) is 4.80 Å². The minimum Gasteiger partial charge on any atom is -0.432 e. The van der Waals surface area contributed by atoms with E-state index in [1.54, 1.807) is 0 Å². The summed E-state index contributed by atoms with van der Waals surface area (Å²) in [7, 11) is -1.97. The summed E-state index contributed by atoms with van der Waals surface area (Å²) in [5.74, 6) is 0. The summed E-state index contributed by atoms with van der Waals surface area (Å²) in [6.07, 6.45) is 6.00. The van der Waals surface area contributed by atoms with Crippen LogP contribution in [0.1, 0.15) is 52.9 Å². The molecule has 0 unspecified atom stereocenters. The molecule has 0 atom stereocenters. The lowest BCUT2D eigenvalue weighted by Gasteiger charge is -2.40. The first-order valence-corrected chi connectivity index (χ1v) is 8.60. The Labute approximate surface area is 84.7 Å². The Bertz CT molecular complexity index is 134. The lowest BCUT2D eigenvalue weighted by atomic mass is 9.95. The summed E-state index contributed by atoms with van der Waals surface area (Å²) in [6.45, 7) is 10.9. The Morgan fingerprint density at radius 1 is 1.08 bits per heavy atom. The van der Waals surface area contributed by atoms with E-state index in [1.165, 1.54) is 19.3 Å². The molecule has 0 aromatic rings. The van der Waals surface area contributed by atoms with Gasteiger partial charge in [0.2, 0.25) is 0 Å². The maximum Gasteiger partial charge on any atom is 0.188 e. The maximum atomic E-state index is 10.3. The zero-order chi connectivity index (χ0) is 10.5. The van der Waals surface area contributed by atoms with Crippen molar-refractivity contribution in [3.63, 3.8) is 0 Å². The molecule has 0 saturated carbocycles. The zero-order valence-electron chi connectivity index (χ0n) is 9.98. The standard InChI is InChI=1S/C11H26OSi/c1-6-9-10-11(7-2,8-3)13(4,5)12/h12H,6-10H2,1-5H3. The highest BCUT2D eigenvalue weighted by Gasteiger charge is 2.42. The molecule has 0 aliphatic heterocycles. The topological polar surface area (TPSA) is 20.2 Å². The molecule has 0 radical (unpaired) electrons. The fourth-order valence-electron chi connectivity index (χ4n) is 2.29. The SMILES string of the molecule is CCCCC(CC)(CC)[Si](C)(C)O. The second kappa shape index (κ2) is 5.16. The normalized spacial score (nSPS) is 13.4. The van der Waals surface area contributed by atoms with Crippen molar-refractivity contribution in [3.05, 3.63) is 0 Å². The van der Waals surface area contributed by atoms with E-state index in [-0.39, 0.29) is 5.04 Å². The van der Waals surface area contributed by atoms with Gasteiger partial charge in [-0.1, -0.05) is 46.5 Å². The first-order chi connectivity index (χ1) is 5.93. The average Bonchev–Trinajstić information content (AvgIpc) is 2.05. The van der Waals surface area contributed by atoms with E-state index < -0.39 is 8.32 Å². The lowest BCUT2D eigenvalue weighted by molar-refractivity contribution is 0.375. The number of unbranched alkanes of at least 4 members (excludes halogenated alkanes) is 1. The molecule has 0 fully saturated rings. The molecule has 0 spiro atoms. The number of hydrogen-bond acceptors (Lipinski definition) is 1. The zero-order valence-corrected chi connectivity index (χ0v) is 11.0. The monoisotopic (exact) mass is 202 g/mol. The van der Waals surface area contributed by atoms with E-state index in [1.807, 2.05) is 0 Å². The summed E-state index contributed by atoms with van der Waals surface area (Å²) >= 11 is 0. The molecule has 0 heterocycles. The molecule has 0 saturated heterocycles. The van der Waals surface area contributed by atoms with Crippen molar-refractivity contribution < 1.29 is 4.80 Å². The van der Waals surface area contributed by atoms with E-state index in [4.69, 9.17) is 0 Å². The maximum absolute atomic E-state index is 10.3. The number of hydrogen-bond donors (Lipinski definition) is 1. The highest BCUT2D eigenvalue weighted by atomic mass is 28.4. The van der Waals surface area contributed by atoms with Crippen LogP contribution in [-0.4, -0.2) is 13.1 Å². The minimum atomic E-state index is -1.97. The highest BCUT2D eigenvalue weighted by molar-refractivity contribution is 6.73. The molecule has 1 N–H and O–H groups in total. The minimum absolute atomic E-state index is 0.267. The van der Waals surface area contributed by atoms with Crippen LogP contribution in [0.4, 0.5) is 0 Å². The molecule has 0 aromatic heterocycles. The second-order valence-electron chi connectivity index (χ2n) is 4.65. The molecule has 0 aliphatic carbocycles. The second-order valence-corrected chi connectivity index (χ2v) is 8.83. The first-order valence-electron chi connectivity index (χ1n) is 5.66. The van der Waals surface area contributed by atoms with Crippen LogP contribution in [-0.2, 0) is 0 Å². The number of rotatable bonds is 6. The molecule has 1 nitrogen and oxygen atoms in total. The van der Waals surface area contributed by atoms with Crippen LogP contribution < -0.4 is 0 Å². The van der Waals surface area contributed by atoms with Crippen molar-refractivity contribution in [2.24, 2.45) is 0 Å². The van der Waals surface area contributed by atoms with Gasteiger partial charge in [-0.05, 0) is 24.6 Å². The van der Waals surface area contributed by atoms with Crippen LogP contribution in [0.3, 0.4) is 0 Å². The molecule has 13 heavy (non-hydrogen) atoms. The largest absolute Gasteiger partial charge is 0.432 e. The van der Waals surface area contributed by atoms with Crippen molar-refractivity contribution >= 4 is 8.32 Å². The van der Waals surface area contributed by atoms with Crippen molar-refractivity contribution in [1.82, 2.24) is 0 Å². The Kier molecular flexibility index (Phi) is 5.23. The van der Waals surface area contributed by atoms with Crippen molar-refractivity contribution in [1.29, 1.82) is 0 Å². The van der Waals surface area contributed by atoms with Crippen LogP contribution in [0.5, 0.6) is 0 Å². The van der Waals surface area contributed by atoms with Gasteiger partial charge in [0.1, 0.15) is 0 Å². The predicted molar refractivity (Wildman–Crippen MR) is 62.5 cm³/mol. The molecular formula is C11H26OSi. The summed E-state index contributed by atoms with van der Waals surface area (Å²) in [4.78, 5) is 10.3. The van der Waals surface area contributed by atoms with Gasteiger partial charge in [0, 0.05) is 0 Å². The molecule has 0 amide bonds. The summed E-state index contributed by atoms with van der Waals surface area (Å²) in [6, 6.07) is 0. The highest BCUT2D eigenvalue weighted by Crippen LogP contribution is 2.47. The van der Waals surface area contributed by atoms with Gasteiger partial charge < -0.3 is 4.80 Å². The summed E-state index contributed by atoms with van der Waals surface area (Å²) < 4.78 is 0. The van der Waals surface area contributed by atoms with Crippen LogP contribution >= 0.6 is 0 Å². The van der Waals surface area contributed by atoms with Gasteiger partial charge in [-0.15, -0.1) is 0 Å². The van der Waals surface area contributed by atoms with Crippen LogP contribution in [0.15, 0.2) is 0 Å². The van der Waals surface area contributed by atoms with Crippen molar-refractivity contribution in [2.75, 3.05) is 0 Å². The first kappa shape index (κ1) is 13.2. The quantitative estimate of drug-likeness (QED) is 0.647. The molecule has 0 aliphatic rings. The summed E-state index contributed by atoms with van der Waals surface area (Å²) in [5, 5.41) is 0.267. The smallest absolute Gasteiger partial charge is 0.188 e. The Morgan fingerprint density at radius 2 is 1.54 bits per heavy atom. The molecule has 2 heteroatoms. The fourth-order valence-corrected chi connectivity index (χ4v) is 4.81. The lowest BCUT2D eigenvalue weighted by Crippen LogP contribution is -2.42. The van der Waals surface area contributed by atoms with Gasteiger partial charge in [0.05, 0.1) is 0 Å². The van der Waals surface area contributed by atoms with E-state index >= 15 is 0 Å². The molecular weight excluding hydrogens is 176 g/mol. The van der Waals surface area contributed by atoms with E-state index in [0.717, 1.165) is 12.8 Å². The van der Waals surface area contributed by atoms with Crippen LogP contribution in [0.2, 0.25) is 18.1 Å². The molecule has 0 bridgehead atoms. The van der Waals surface area contributed by atoms with Crippen molar-refractivity contribution in [2.45, 2.75) is 71.0 Å². The average molecular weight is 202 g/mol. The van der Waals surface area contributed by atoms with E-state index in [2.05, 4.69) is 33.9 Å². The van der Waals surface area contributed by atoms with Crippen LogP contribution in [0.25, 0.3) is 0 Å².